The first kappa shape index (κ1) is 11.2. The molecule has 1 aromatic heterocycles. The maximum Gasteiger partial charge on any atom is 0.252 e. The molecular weight excluding hydrogens is 226 g/mol. The van der Waals surface area contributed by atoms with E-state index in [0.29, 0.717) is 16.5 Å². The van der Waals surface area contributed by atoms with E-state index in [1.165, 1.54) is 18.7 Å². The van der Waals surface area contributed by atoms with Crippen LogP contribution in [-0.4, -0.2) is 17.4 Å². The Morgan fingerprint density at radius 3 is 3.00 bits per heavy atom. The SMILES string of the molecule is CC1CC1CNC(=O)c1cnc(N)c(Cl)c1. The maximum atomic E-state index is 11.7. The number of aromatic nitrogens is 1. The number of anilines is 1. The van der Waals surface area contributed by atoms with Crippen molar-refractivity contribution >= 4 is 23.3 Å². The molecule has 2 atom stereocenters. The van der Waals surface area contributed by atoms with E-state index < -0.39 is 0 Å². The Hall–Kier alpha value is -1.29. The smallest absolute Gasteiger partial charge is 0.252 e. The number of halogens is 1. The van der Waals surface area contributed by atoms with E-state index in [1.807, 2.05) is 0 Å². The first-order valence-electron chi connectivity index (χ1n) is 5.27. The molecule has 0 saturated heterocycles. The molecule has 1 fully saturated rings. The van der Waals surface area contributed by atoms with E-state index in [9.17, 15) is 4.79 Å². The Morgan fingerprint density at radius 2 is 2.44 bits per heavy atom. The fraction of sp³-hybridized carbons (Fsp3) is 0.455. The van der Waals surface area contributed by atoms with Crippen molar-refractivity contribution in [1.82, 2.24) is 10.3 Å². The molecule has 5 heteroatoms. The zero-order valence-electron chi connectivity index (χ0n) is 9.03. The lowest BCUT2D eigenvalue weighted by Gasteiger charge is -2.05. The van der Waals surface area contributed by atoms with Gasteiger partial charge in [0.15, 0.2) is 0 Å². The normalized spacial score (nSPS) is 22.9. The molecule has 2 rings (SSSR count). The van der Waals surface area contributed by atoms with Crippen molar-refractivity contribution in [3.63, 3.8) is 0 Å². The number of nitrogens with two attached hydrogens (primary N) is 1. The number of hydrogen-bond acceptors (Lipinski definition) is 3. The molecule has 0 aliphatic heterocycles. The van der Waals surface area contributed by atoms with Crippen LogP contribution in [0.1, 0.15) is 23.7 Å². The third-order valence-corrected chi connectivity index (χ3v) is 3.24. The molecule has 0 bridgehead atoms. The van der Waals surface area contributed by atoms with Gasteiger partial charge in [0.1, 0.15) is 5.82 Å². The van der Waals surface area contributed by atoms with Gasteiger partial charge in [0.2, 0.25) is 0 Å². The molecule has 0 radical (unpaired) electrons. The van der Waals surface area contributed by atoms with Crippen molar-refractivity contribution in [3.05, 3.63) is 22.8 Å². The van der Waals surface area contributed by atoms with Crippen LogP contribution < -0.4 is 11.1 Å². The molecule has 1 aliphatic carbocycles. The standard InChI is InChI=1S/C11H14ClN3O/c1-6-2-7(6)4-15-11(16)8-3-9(12)10(13)14-5-8/h3,5-7H,2,4H2,1H3,(H2,13,14)(H,15,16). The average molecular weight is 240 g/mol. The predicted octanol–water partition coefficient (Wildman–Crippen LogP) is 1.70. The number of carbonyl (C=O) groups is 1. The predicted molar refractivity (Wildman–Crippen MR) is 63.3 cm³/mol. The van der Waals surface area contributed by atoms with Crippen LogP contribution in [0.25, 0.3) is 0 Å². The summed E-state index contributed by atoms with van der Waals surface area (Å²) in [6.07, 6.45) is 2.63. The van der Waals surface area contributed by atoms with Crippen molar-refractivity contribution in [1.29, 1.82) is 0 Å². The zero-order chi connectivity index (χ0) is 11.7. The highest BCUT2D eigenvalue weighted by atomic mass is 35.5. The largest absolute Gasteiger partial charge is 0.382 e. The summed E-state index contributed by atoms with van der Waals surface area (Å²) >= 11 is 5.79. The van der Waals surface area contributed by atoms with Gasteiger partial charge in [-0.05, 0) is 24.3 Å². The van der Waals surface area contributed by atoms with Gasteiger partial charge in [0.25, 0.3) is 5.91 Å². The minimum Gasteiger partial charge on any atom is -0.382 e. The minimum atomic E-state index is -0.145. The second-order valence-corrected chi connectivity index (χ2v) is 4.68. The van der Waals surface area contributed by atoms with Gasteiger partial charge in [0.05, 0.1) is 10.6 Å². The highest BCUT2D eigenvalue weighted by Crippen LogP contribution is 2.36. The molecule has 0 aromatic carbocycles. The first-order valence-corrected chi connectivity index (χ1v) is 5.65. The van der Waals surface area contributed by atoms with Crippen LogP contribution in [0.3, 0.4) is 0 Å². The average Bonchev–Trinajstić information content (AvgIpc) is 2.95. The lowest BCUT2D eigenvalue weighted by Crippen LogP contribution is -2.26. The van der Waals surface area contributed by atoms with E-state index in [4.69, 9.17) is 17.3 Å². The van der Waals surface area contributed by atoms with Gasteiger partial charge in [-0.15, -0.1) is 0 Å². The molecule has 86 valence electrons. The van der Waals surface area contributed by atoms with Crippen LogP contribution in [0, 0.1) is 11.8 Å². The van der Waals surface area contributed by atoms with Crippen molar-refractivity contribution in [2.45, 2.75) is 13.3 Å². The Kier molecular flexibility index (Phi) is 3.01. The Morgan fingerprint density at radius 1 is 1.75 bits per heavy atom. The zero-order valence-corrected chi connectivity index (χ0v) is 9.79. The lowest BCUT2D eigenvalue weighted by atomic mass is 10.2. The molecule has 1 aliphatic rings. The molecule has 4 nitrogen and oxygen atoms in total. The number of carbonyl (C=O) groups excluding carboxylic acids is 1. The molecule has 1 saturated carbocycles. The third kappa shape index (κ3) is 2.44. The molecule has 1 heterocycles. The Labute approximate surface area is 99.2 Å². The second-order valence-electron chi connectivity index (χ2n) is 4.27. The number of nitrogen functional groups attached to an aromatic ring is 1. The summed E-state index contributed by atoms with van der Waals surface area (Å²) in [5.74, 6) is 1.46. The molecule has 1 amide bonds. The summed E-state index contributed by atoms with van der Waals surface area (Å²) in [6.45, 7) is 2.90. The van der Waals surface area contributed by atoms with Crippen LogP contribution in [0.5, 0.6) is 0 Å². The monoisotopic (exact) mass is 239 g/mol. The van der Waals surface area contributed by atoms with Crippen molar-refractivity contribution in [3.8, 4) is 0 Å². The number of pyridine rings is 1. The summed E-state index contributed by atoms with van der Waals surface area (Å²) in [4.78, 5) is 15.5. The summed E-state index contributed by atoms with van der Waals surface area (Å²) < 4.78 is 0. The van der Waals surface area contributed by atoms with Gasteiger partial charge in [-0.25, -0.2) is 4.98 Å². The molecule has 3 N–H and O–H groups in total. The quantitative estimate of drug-likeness (QED) is 0.844. The fourth-order valence-corrected chi connectivity index (χ4v) is 1.75. The summed E-state index contributed by atoms with van der Waals surface area (Å²) in [5, 5.41) is 3.17. The van der Waals surface area contributed by atoms with Crippen molar-refractivity contribution in [2.75, 3.05) is 12.3 Å². The van der Waals surface area contributed by atoms with E-state index in [2.05, 4.69) is 17.2 Å². The molecular formula is C11H14ClN3O. The topological polar surface area (TPSA) is 68.0 Å². The number of nitrogens with zero attached hydrogens (tertiary/aromatic N) is 1. The van der Waals surface area contributed by atoms with Crippen LogP contribution in [0.2, 0.25) is 5.02 Å². The summed E-state index contributed by atoms with van der Waals surface area (Å²) in [6, 6.07) is 1.54. The summed E-state index contributed by atoms with van der Waals surface area (Å²) in [5.41, 5.74) is 5.92. The number of nitrogens with one attached hydrogen (secondary N) is 1. The summed E-state index contributed by atoms with van der Waals surface area (Å²) in [7, 11) is 0. The van der Waals surface area contributed by atoms with Crippen LogP contribution in [0.15, 0.2) is 12.3 Å². The minimum absolute atomic E-state index is 0.145. The maximum absolute atomic E-state index is 11.7. The highest BCUT2D eigenvalue weighted by molar-refractivity contribution is 6.33. The highest BCUT2D eigenvalue weighted by Gasteiger charge is 2.32. The van der Waals surface area contributed by atoms with Crippen LogP contribution in [-0.2, 0) is 0 Å². The van der Waals surface area contributed by atoms with Gasteiger partial charge in [0, 0.05) is 12.7 Å². The second kappa shape index (κ2) is 4.29. The molecule has 1 aromatic rings. The van der Waals surface area contributed by atoms with Crippen molar-refractivity contribution in [2.24, 2.45) is 11.8 Å². The fourth-order valence-electron chi connectivity index (χ4n) is 1.58. The number of amides is 1. The van der Waals surface area contributed by atoms with Gasteiger partial charge in [-0.2, -0.15) is 0 Å². The lowest BCUT2D eigenvalue weighted by molar-refractivity contribution is 0.0951. The van der Waals surface area contributed by atoms with E-state index >= 15 is 0 Å². The van der Waals surface area contributed by atoms with E-state index in [-0.39, 0.29) is 11.7 Å². The van der Waals surface area contributed by atoms with Crippen LogP contribution in [0.4, 0.5) is 5.82 Å². The third-order valence-electron chi connectivity index (χ3n) is 2.93. The van der Waals surface area contributed by atoms with Gasteiger partial charge in [-0.3, -0.25) is 4.79 Å². The Balaban J connectivity index is 1.95. The van der Waals surface area contributed by atoms with Crippen molar-refractivity contribution < 1.29 is 4.79 Å². The molecule has 2 unspecified atom stereocenters. The number of rotatable bonds is 3. The molecule has 0 spiro atoms. The van der Waals surface area contributed by atoms with Gasteiger partial charge >= 0.3 is 0 Å². The molecule has 16 heavy (non-hydrogen) atoms. The Bertz CT molecular complexity index is 422. The van der Waals surface area contributed by atoms with Gasteiger partial charge < -0.3 is 11.1 Å². The first-order chi connectivity index (χ1) is 7.58. The van der Waals surface area contributed by atoms with E-state index in [1.54, 1.807) is 0 Å². The van der Waals surface area contributed by atoms with Gasteiger partial charge in [-0.1, -0.05) is 18.5 Å². The number of hydrogen-bond donors (Lipinski definition) is 2. The van der Waals surface area contributed by atoms with E-state index in [0.717, 1.165) is 12.5 Å². The van der Waals surface area contributed by atoms with Crippen LogP contribution >= 0.6 is 11.6 Å².